The summed E-state index contributed by atoms with van der Waals surface area (Å²) in [5.74, 6) is -0.468. The number of benzene rings is 2. The molecule has 0 amide bonds. The van der Waals surface area contributed by atoms with Crippen LogP contribution in [0.1, 0.15) is 15.9 Å². The summed E-state index contributed by atoms with van der Waals surface area (Å²) in [6, 6.07) is 14.6. The highest BCUT2D eigenvalue weighted by Crippen LogP contribution is 2.16. The molecule has 0 saturated carbocycles. The van der Waals surface area contributed by atoms with Gasteiger partial charge >= 0.3 is 0 Å². The van der Waals surface area contributed by atoms with Crippen molar-refractivity contribution in [1.82, 2.24) is 4.98 Å². The zero-order valence-corrected chi connectivity index (χ0v) is 10.0. The molecule has 0 bridgehead atoms. The van der Waals surface area contributed by atoms with E-state index < -0.39 is 0 Å². The monoisotopic (exact) mass is 251 g/mol. The maximum absolute atomic E-state index is 12.8. The molecular weight excluding hydrogens is 241 g/mol. The Morgan fingerprint density at radius 1 is 0.947 bits per heavy atom. The van der Waals surface area contributed by atoms with E-state index in [1.165, 1.54) is 24.3 Å². The summed E-state index contributed by atoms with van der Waals surface area (Å²) in [5.41, 5.74) is 1.90. The van der Waals surface area contributed by atoms with Gasteiger partial charge in [0, 0.05) is 22.7 Å². The summed E-state index contributed by atoms with van der Waals surface area (Å²) < 4.78 is 12.8. The fourth-order valence-electron chi connectivity index (χ4n) is 1.98. The van der Waals surface area contributed by atoms with E-state index in [2.05, 4.69) is 4.98 Å². The second-order valence-corrected chi connectivity index (χ2v) is 4.25. The molecule has 0 aliphatic carbocycles. The van der Waals surface area contributed by atoms with Crippen LogP contribution in [-0.4, -0.2) is 10.8 Å². The standard InChI is InChI=1S/C16H10FNO/c17-14-6-3-11(4-7-14)16(19)13-5-8-15-12(10-13)2-1-9-18-15/h1-10H. The molecule has 0 fully saturated rings. The summed E-state index contributed by atoms with van der Waals surface area (Å²) in [6.07, 6.45) is 1.71. The Kier molecular flexibility index (Phi) is 2.80. The lowest BCUT2D eigenvalue weighted by Gasteiger charge is -2.03. The molecule has 2 aromatic carbocycles. The van der Waals surface area contributed by atoms with Crippen LogP contribution in [0.3, 0.4) is 0 Å². The van der Waals surface area contributed by atoms with Crippen LogP contribution in [0.15, 0.2) is 60.8 Å². The molecule has 0 N–H and O–H groups in total. The normalized spacial score (nSPS) is 10.6. The minimum absolute atomic E-state index is 0.120. The van der Waals surface area contributed by atoms with Gasteiger partial charge < -0.3 is 0 Å². The molecule has 3 rings (SSSR count). The maximum atomic E-state index is 12.8. The van der Waals surface area contributed by atoms with Crippen molar-refractivity contribution in [2.75, 3.05) is 0 Å². The van der Waals surface area contributed by atoms with Gasteiger partial charge in [0.1, 0.15) is 5.82 Å². The summed E-state index contributed by atoms with van der Waals surface area (Å²) in [4.78, 5) is 16.5. The molecule has 0 saturated heterocycles. The first kappa shape index (κ1) is 11.5. The van der Waals surface area contributed by atoms with Crippen molar-refractivity contribution in [3.05, 3.63) is 77.7 Å². The highest BCUT2D eigenvalue weighted by Gasteiger charge is 2.09. The van der Waals surface area contributed by atoms with Gasteiger partial charge in [-0.3, -0.25) is 9.78 Å². The first-order valence-corrected chi connectivity index (χ1v) is 5.89. The molecule has 0 aliphatic heterocycles. The number of rotatable bonds is 2. The molecule has 19 heavy (non-hydrogen) atoms. The van der Waals surface area contributed by atoms with Gasteiger partial charge in [0.2, 0.25) is 0 Å². The molecule has 0 atom stereocenters. The van der Waals surface area contributed by atoms with Gasteiger partial charge in [0.25, 0.3) is 0 Å². The quantitative estimate of drug-likeness (QED) is 0.651. The Hall–Kier alpha value is -2.55. The van der Waals surface area contributed by atoms with Crippen molar-refractivity contribution < 1.29 is 9.18 Å². The number of pyridine rings is 1. The molecule has 0 radical (unpaired) electrons. The molecule has 92 valence electrons. The minimum Gasteiger partial charge on any atom is -0.289 e. The van der Waals surface area contributed by atoms with Crippen LogP contribution in [0, 0.1) is 5.82 Å². The van der Waals surface area contributed by atoms with Gasteiger partial charge in [-0.05, 0) is 48.5 Å². The average molecular weight is 251 g/mol. The van der Waals surface area contributed by atoms with Gasteiger partial charge in [0.15, 0.2) is 5.78 Å². The van der Waals surface area contributed by atoms with Crippen LogP contribution in [0.2, 0.25) is 0 Å². The van der Waals surface area contributed by atoms with Crippen LogP contribution in [0.4, 0.5) is 4.39 Å². The van der Waals surface area contributed by atoms with E-state index in [9.17, 15) is 9.18 Å². The molecular formula is C16H10FNO. The molecule has 0 spiro atoms. The van der Waals surface area contributed by atoms with Gasteiger partial charge in [-0.25, -0.2) is 4.39 Å². The first-order valence-electron chi connectivity index (χ1n) is 5.89. The number of halogens is 1. The SMILES string of the molecule is O=C(c1ccc(F)cc1)c1ccc2ncccc2c1. The lowest BCUT2D eigenvalue weighted by Crippen LogP contribution is -2.01. The Balaban J connectivity index is 2.04. The zero-order chi connectivity index (χ0) is 13.2. The van der Waals surface area contributed by atoms with Gasteiger partial charge in [-0.1, -0.05) is 6.07 Å². The highest BCUT2D eigenvalue weighted by atomic mass is 19.1. The summed E-state index contributed by atoms with van der Waals surface area (Å²) >= 11 is 0. The Bertz CT molecular complexity index is 750. The Morgan fingerprint density at radius 2 is 1.68 bits per heavy atom. The third-order valence-corrected chi connectivity index (χ3v) is 2.97. The molecule has 0 aliphatic rings. The Labute approximate surface area is 109 Å². The summed E-state index contributed by atoms with van der Waals surface area (Å²) in [6.45, 7) is 0. The van der Waals surface area contributed by atoms with Crippen LogP contribution < -0.4 is 0 Å². The fourth-order valence-corrected chi connectivity index (χ4v) is 1.98. The van der Waals surface area contributed by atoms with Crippen molar-refractivity contribution in [3.63, 3.8) is 0 Å². The number of hydrogen-bond acceptors (Lipinski definition) is 2. The number of ketones is 1. The number of fused-ring (bicyclic) bond motifs is 1. The molecule has 3 heteroatoms. The smallest absolute Gasteiger partial charge is 0.193 e. The number of carbonyl (C=O) groups excluding carboxylic acids is 1. The van der Waals surface area contributed by atoms with E-state index in [1.807, 2.05) is 18.2 Å². The van der Waals surface area contributed by atoms with Crippen molar-refractivity contribution in [1.29, 1.82) is 0 Å². The third kappa shape index (κ3) is 2.22. The molecule has 0 unspecified atom stereocenters. The van der Waals surface area contributed by atoms with Gasteiger partial charge in [-0.15, -0.1) is 0 Å². The van der Waals surface area contributed by atoms with Crippen molar-refractivity contribution in [2.45, 2.75) is 0 Å². The van der Waals surface area contributed by atoms with Crippen LogP contribution in [-0.2, 0) is 0 Å². The maximum Gasteiger partial charge on any atom is 0.193 e. The summed E-state index contributed by atoms with van der Waals surface area (Å²) in [5, 5.41) is 0.912. The van der Waals surface area contributed by atoms with E-state index in [1.54, 1.807) is 18.3 Å². The van der Waals surface area contributed by atoms with Crippen molar-refractivity contribution >= 4 is 16.7 Å². The average Bonchev–Trinajstić information content (AvgIpc) is 2.47. The predicted octanol–water partition coefficient (Wildman–Crippen LogP) is 3.60. The minimum atomic E-state index is -0.348. The largest absolute Gasteiger partial charge is 0.289 e. The van der Waals surface area contributed by atoms with E-state index in [0.29, 0.717) is 11.1 Å². The van der Waals surface area contributed by atoms with Crippen molar-refractivity contribution in [3.8, 4) is 0 Å². The van der Waals surface area contributed by atoms with Gasteiger partial charge in [0.05, 0.1) is 5.52 Å². The van der Waals surface area contributed by atoms with E-state index in [0.717, 1.165) is 10.9 Å². The number of aromatic nitrogens is 1. The molecule has 3 aromatic rings. The number of hydrogen-bond donors (Lipinski definition) is 0. The third-order valence-electron chi connectivity index (χ3n) is 2.97. The van der Waals surface area contributed by atoms with Crippen LogP contribution in [0.25, 0.3) is 10.9 Å². The second kappa shape index (κ2) is 4.61. The number of carbonyl (C=O) groups is 1. The topological polar surface area (TPSA) is 30.0 Å². The lowest BCUT2D eigenvalue weighted by molar-refractivity contribution is 0.103. The fraction of sp³-hybridized carbons (Fsp3) is 0. The Morgan fingerprint density at radius 3 is 2.47 bits per heavy atom. The predicted molar refractivity (Wildman–Crippen MR) is 71.6 cm³/mol. The van der Waals surface area contributed by atoms with E-state index >= 15 is 0 Å². The van der Waals surface area contributed by atoms with Crippen molar-refractivity contribution in [2.24, 2.45) is 0 Å². The molecule has 2 nitrogen and oxygen atoms in total. The van der Waals surface area contributed by atoms with E-state index in [-0.39, 0.29) is 11.6 Å². The lowest BCUT2D eigenvalue weighted by atomic mass is 10.0. The second-order valence-electron chi connectivity index (χ2n) is 4.25. The zero-order valence-electron chi connectivity index (χ0n) is 10.0. The number of nitrogens with zero attached hydrogens (tertiary/aromatic N) is 1. The highest BCUT2D eigenvalue weighted by molar-refractivity contribution is 6.10. The van der Waals surface area contributed by atoms with Crippen LogP contribution in [0.5, 0.6) is 0 Å². The van der Waals surface area contributed by atoms with E-state index in [4.69, 9.17) is 0 Å². The van der Waals surface area contributed by atoms with Crippen LogP contribution >= 0.6 is 0 Å². The first-order chi connectivity index (χ1) is 9.24. The molecule has 1 aromatic heterocycles. The summed E-state index contributed by atoms with van der Waals surface area (Å²) in [7, 11) is 0. The molecule has 1 heterocycles. The van der Waals surface area contributed by atoms with Gasteiger partial charge in [-0.2, -0.15) is 0 Å².